The Balaban J connectivity index is 2.56. The van der Waals surface area contributed by atoms with Crippen molar-refractivity contribution < 1.29 is 4.74 Å². The van der Waals surface area contributed by atoms with E-state index in [4.69, 9.17) is 10.5 Å². The number of ether oxygens (including phenoxy) is 1. The fraction of sp³-hybridized carbons (Fsp3) is 0.500. The molecule has 1 aromatic heterocycles. The van der Waals surface area contributed by atoms with Crippen LogP contribution in [0.2, 0.25) is 0 Å². The van der Waals surface area contributed by atoms with E-state index in [-0.39, 0.29) is 0 Å². The SMILES string of the molecule is COCCN=C(N)c1cnn(C)c1. The number of aryl methyl sites for hydroxylation is 1. The van der Waals surface area contributed by atoms with Crippen molar-refractivity contribution in [2.45, 2.75) is 0 Å². The van der Waals surface area contributed by atoms with Crippen LogP contribution in [0.25, 0.3) is 0 Å². The van der Waals surface area contributed by atoms with Crippen molar-refractivity contribution >= 4 is 5.84 Å². The molecule has 0 atom stereocenters. The van der Waals surface area contributed by atoms with Gasteiger partial charge in [0.1, 0.15) is 5.84 Å². The van der Waals surface area contributed by atoms with E-state index in [1.807, 2.05) is 13.2 Å². The summed E-state index contributed by atoms with van der Waals surface area (Å²) in [7, 11) is 3.47. The van der Waals surface area contributed by atoms with Gasteiger partial charge in [-0.05, 0) is 0 Å². The summed E-state index contributed by atoms with van der Waals surface area (Å²) in [5.74, 6) is 0.505. The van der Waals surface area contributed by atoms with Crippen LogP contribution in [0.15, 0.2) is 17.4 Å². The Morgan fingerprint density at radius 3 is 3.08 bits per heavy atom. The third-order valence-electron chi connectivity index (χ3n) is 1.58. The second-order valence-electron chi connectivity index (χ2n) is 2.66. The van der Waals surface area contributed by atoms with E-state index in [0.29, 0.717) is 19.0 Å². The highest BCUT2D eigenvalue weighted by Gasteiger charge is 1.99. The van der Waals surface area contributed by atoms with Crippen LogP contribution in [0, 0.1) is 0 Å². The first-order chi connectivity index (χ1) is 6.24. The van der Waals surface area contributed by atoms with Gasteiger partial charge in [-0.3, -0.25) is 9.67 Å². The lowest BCUT2D eigenvalue weighted by molar-refractivity contribution is 0.208. The Bertz CT molecular complexity index is 292. The monoisotopic (exact) mass is 182 g/mol. The third-order valence-corrected chi connectivity index (χ3v) is 1.58. The molecule has 0 spiro atoms. The van der Waals surface area contributed by atoms with Gasteiger partial charge in [0, 0.05) is 20.4 Å². The molecular formula is C8H14N4O. The molecule has 0 fully saturated rings. The molecule has 13 heavy (non-hydrogen) atoms. The van der Waals surface area contributed by atoms with Crippen LogP contribution in [0.1, 0.15) is 5.56 Å². The zero-order valence-electron chi connectivity index (χ0n) is 7.90. The molecule has 0 saturated carbocycles. The molecule has 0 saturated heterocycles. The zero-order chi connectivity index (χ0) is 9.68. The Labute approximate surface area is 77.2 Å². The number of rotatable bonds is 4. The number of nitrogens with two attached hydrogens (primary N) is 1. The van der Waals surface area contributed by atoms with E-state index >= 15 is 0 Å². The molecule has 0 aliphatic carbocycles. The maximum absolute atomic E-state index is 5.69. The topological polar surface area (TPSA) is 65.4 Å². The Kier molecular flexibility index (Phi) is 3.45. The van der Waals surface area contributed by atoms with Gasteiger partial charge in [-0.2, -0.15) is 5.10 Å². The fourth-order valence-electron chi connectivity index (χ4n) is 0.902. The lowest BCUT2D eigenvalue weighted by atomic mass is 10.3. The first-order valence-corrected chi connectivity index (χ1v) is 4.02. The molecular weight excluding hydrogens is 168 g/mol. The summed E-state index contributed by atoms with van der Waals surface area (Å²) >= 11 is 0. The number of aliphatic imine (C=N–C) groups is 1. The van der Waals surface area contributed by atoms with Gasteiger partial charge >= 0.3 is 0 Å². The summed E-state index contributed by atoms with van der Waals surface area (Å²) in [5, 5.41) is 3.99. The molecule has 0 unspecified atom stereocenters. The summed E-state index contributed by atoms with van der Waals surface area (Å²) in [4.78, 5) is 4.11. The molecule has 72 valence electrons. The highest BCUT2D eigenvalue weighted by molar-refractivity contribution is 5.96. The minimum Gasteiger partial charge on any atom is -0.383 e. The summed E-state index contributed by atoms with van der Waals surface area (Å²) in [6, 6.07) is 0. The van der Waals surface area contributed by atoms with Gasteiger partial charge in [0.15, 0.2) is 0 Å². The molecule has 1 rings (SSSR count). The van der Waals surface area contributed by atoms with Crippen molar-refractivity contribution in [1.29, 1.82) is 0 Å². The second-order valence-corrected chi connectivity index (χ2v) is 2.66. The van der Waals surface area contributed by atoms with Crippen LogP contribution in [0.3, 0.4) is 0 Å². The maximum Gasteiger partial charge on any atom is 0.128 e. The van der Waals surface area contributed by atoms with Crippen molar-refractivity contribution in [3.8, 4) is 0 Å². The molecule has 0 radical (unpaired) electrons. The molecule has 2 N–H and O–H groups in total. The third kappa shape index (κ3) is 2.87. The van der Waals surface area contributed by atoms with Crippen molar-refractivity contribution in [1.82, 2.24) is 9.78 Å². The molecule has 0 aromatic carbocycles. The van der Waals surface area contributed by atoms with E-state index in [1.165, 1.54) is 0 Å². The van der Waals surface area contributed by atoms with E-state index < -0.39 is 0 Å². The van der Waals surface area contributed by atoms with Crippen LogP contribution in [0.4, 0.5) is 0 Å². The van der Waals surface area contributed by atoms with Crippen molar-refractivity contribution in [3.63, 3.8) is 0 Å². The lowest BCUT2D eigenvalue weighted by Gasteiger charge is -1.96. The minimum atomic E-state index is 0.505. The standard InChI is InChI=1S/C8H14N4O/c1-12-6-7(5-11-12)8(9)10-3-4-13-2/h5-6H,3-4H2,1-2H3,(H2,9,10). The highest BCUT2D eigenvalue weighted by Crippen LogP contribution is 1.95. The van der Waals surface area contributed by atoms with E-state index in [1.54, 1.807) is 18.0 Å². The van der Waals surface area contributed by atoms with E-state index in [9.17, 15) is 0 Å². The summed E-state index contributed by atoms with van der Waals surface area (Å²) in [6.07, 6.45) is 3.51. The molecule has 0 bridgehead atoms. The average molecular weight is 182 g/mol. The van der Waals surface area contributed by atoms with Crippen LogP contribution in [0.5, 0.6) is 0 Å². The van der Waals surface area contributed by atoms with Crippen molar-refractivity contribution in [2.75, 3.05) is 20.3 Å². The summed E-state index contributed by atoms with van der Waals surface area (Å²) in [6.45, 7) is 1.16. The zero-order valence-corrected chi connectivity index (χ0v) is 7.90. The van der Waals surface area contributed by atoms with Gasteiger partial charge in [-0.15, -0.1) is 0 Å². The quantitative estimate of drug-likeness (QED) is 0.397. The van der Waals surface area contributed by atoms with Crippen LogP contribution in [-0.4, -0.2) is 35.9 Å². The van der Waals surface area contributed by atoms with Crippen LogP contribution in [-0.2, 0) is 11.8 Å². The molecule has 0 amide bonds. The largest absolute Gasteiger partial charge is 0.383 e. The van der Waals surface area contributed by atoms with Gasteiger partial charge < -0.3 is 10.5 Å². The van der Waals surface area contributed by atoms with E-state index in [0.717, 1.165) is 5.56 Å². The van der Waals surface area contributed by atoms with Gasteiger partial charge in [-0.25, -0.2) is 0 Å². The number of hydrogen-bond donors (Lipinski definition) is 1. The molecule has 0 aliphatic heterocycles. The number of nitrogens with zero attached hydrogens (tertiary/aromatic N) is 3. The van der Waals surface area contributed by atoms with Gasteiger partial charge in [-0.1, -0.05) is 0 Å². The van der Waals surface area contributed by atoms with Gasteiger partial charge in [0.25, 0.3) is 0 Å². The first kappa shape index (κ1) is 9.73. The average Bonchev–Trinajstić information content (AvgIpc) is 2.52. The molecule has 5 nitrogen and oxygen atoms in total. The highest BCUT2D eigenvalue weighted by atomic mass is 16.5. The first-order valence-electron chi connectivity index (χ1n) is 4.02. The number of aromatic nitrogens is 2. The predicted octanol–water partition coefficient (Wildman–Crippen LogP) is -0.228. The van der Waals surface area contributed by atoms with Crippen LogP contribution >= 0.6 is 0 Å². The van der Waals surface area contributed by atoms with Gasteiger partial charge in [0.2, 0.25) is 0 Å². The molecule has 1 heterocycles. The Morgan fingerprint density at radius 2 is 2.54 bits per heavy atom. The lowest BCUT2D eigenvalue weighted by Crippen LogP contribution is -2.14. The van der Waals surface area contributed by atoms with Crippen LogP contribution < -0.4 is 5.73 Å². The minimum absolute atomic E-state index is 0.505. The Hall–Kier alpha value is -1.36. The summed E-state index contributed by atoms with van der Waals surface area (Å²) < 4.78 is 6.54. The number of methoxy groups -OCH3 is 1. The molecule has 1 aromatic rings. The fourth-order valence-corrected chi connectivity index (χ4v) is 0.902. The predicted molar refractivity (Wildman–Crippen MR) is 50.7 cm³/mol. The van der Waals surface area contributed by atoms with Gasteiger partial charge in [0.05, 0.1) is 24.9 Å². The second kappa shape index (κ2) is 4.61. The van der Waals surface area contributed by atoms with E-state index in [2.05, 4.69) is 10.1 Å². The maximum atomic E-state index is 5.69. The number of amidine groups is 1. The summed E-state index contributed by atoms with van der Waals surface area (Å²) in [5.41, 5.74) is 6.54. The van der Waals surface area contributed by atoms with Crippen molar-refractivity contribution in [3.05, 3.63) is 18.0 Å². The molecule has 0 aliphatic rings. The Morgan fingerprint density at radius 1 is 1.77 bits per heavy atom. The smallest absolute Gasteiger partial charge is 0.128 e. The normalized spacial score (nSPS) is 12.0. The van der Waals surface area contributed by atoms with Crippen molar-refractivity contribution in [2.24, 2.45) is 17.8 Å². The number of hydrogen-bond acceptors (Lipinski definition) is 3. The molecule has 5 heteroatoms.